The monoisotopic (exact) mass is 368 g/mol. The highest BCUT2D eigenvalue weighted by Crippen LogP contribution is 2.37. The highest BCUT2D eigenvalue weighted by atomic mass is 79.9. The minimum atomic E-state index is -0.354. The van der Waals surface area contributed by atoms with E-state index in [2.05, 4.69) is 22.5 Å². The average molecular weight is 369 g/mol. The number of halogens is 1. The van der Waals surface area contributed by atoms with Crippen molar-refractivity contribution in [2.24, 2.45) is 0 Å². The first-order chi connectivity index (χ1) is 10.5. The van der Waals surface area contributed by atoms with Crippen LogP contribution in [-0.4, -0.2) is 11.9 Å². The van der Waals surface area contributed by atoms with Crippen LogP contribution in [0.1, 0.15) is 45.1 Å². The number of esters is 2. The maximum absolute atomic E-state index is 11.8. The summed E-state index contributed by atoms with van der Waals surface area (Å²) in [5.41, 5.74) is 0.913. The summed E-state index contributed by atoms with van der Waals surface area (Å²) in [6.07, 6.45) is 4.38. The molecule has 1 aromatic carbocycles. The van der Waals surface area contributed by atoms with Crippen molar-refractivity contribution >= 4 is 27.9 Å². The topological polar surface area (TPSA) is 52.6 Å². The van der Waals surface area contributed by atoms with Crippen LogP contribution < -0.4 is 9.47 Å². The van der Waals surface area contributed by atoms with Crippen LogP contribution in [-0.2, 0) is 16.0 Å². The van der Waals surface area contributed by atoms with Gasteiger partial charge < -0.3 is 9.47 Å². The lowest BCUT2D eigenvalue weighted by Crippen LogP contribution is -2.12. The standard InChI is InChI=1S/C17H21BrO4/c1-4-7-12-10-13(18)17(22-16(20)9-6-3)14(11-12)21-15(19)8-5-2/h4,10-11H,1,5-9H2,2-3H3. The van der Waals surface area contributed by atoms with Crippen molar-refractivity contribution in [1.82, 2.24) is 0 Å². The molecule has 0 amide bonds. The molecule has 0 aromatic heterocycles. The molecule has 0 spiro atoms. The van der Waals surface area contributed by atoms with Crippen molar-refractivity contribution in [2.75, 3.05) is 0 Å². The summed E-state index contributed by atoms with van der Waals surface area (Å²) in [6.45, 7) is 7.48. The molecule has 0 saturated heterocycles. The molecule has 1 rings (SSSR count). The summed E-state index contributed by atoms with van der Waals surface area (Å²) < 4.78 is 11.3. The lowest BCUT2D eigenvalue weighted by molar-refractivity contribution is -0.137. The minimum Gasteiger partial charge on any atom is -0.422 e. The normalized spacial score (nSPS) is 10.1. The molecular weight excluding hydrogens is 348 g/mol. The Morgan fingerprint density at radius 3 is 2.27 bits per heavy atom. The highest BCUT2D eigenvalue weighted by molar-refractivity contribution is 9.10. The van der Waals surface area contributed by atoms with Gasteiger partial charge in [0.25, 0.3) is 0 Å². The van der Waals surface area contributed by atoms with Gasteiger partial charge in [-0.3, -0.25) is 9.59 Å². The SMILES string of the molecule is C=CCc1cc(Br)c(OC(=O)CCC)c(OC(=O)CCC)c1. The molecule has 4 nitrogen and oxygen atoms in total. The number of allylic oxidation sites excluding steroid dienone is 1. The zero-order valence-electron chi connectivity index (χ0n) is 13.0. The van der Waals surface area contributed by atoms with E-state index in [1.54, 1.807) is 12.1 Å². The van der Waals surface area contributed by atoms with Crippen molar-refractivity contribution in [3.05, 3.63) is 34.8 Å². The van der Waals surface area contributed by atoms with Gasteiger partial charge >= 0.3 is 11.9 Å². The molecule has 0 aliphatic heterocycles. The average Bonchev–Trinajstić information content (AvgIpc) is 2.43. The minimum absolute atomic E-state index is 0.246. The van der Waals surface area contributed by atoms with Gasteiger partial charge in [-0.2, -0.15) is 0 Å². The first kappa shape index (κ1) is 18.4. The van der Waals surface area contributed by atoms with E-state index in [1.165, 1.54) is 0 Å². The highest BCUT2D eigenvalue weighted by Gasteiger charge is 2.18. The molecule has 0 saturated carbocycles. The Kier molecular flexibility index (Phi) is 7.88. The van der Waals surface area contributed by atoms with Crippen molar-refractivity contribution in [2.45, 2.75) is 46.0 Å². The molecule has 0 heterocycles. The molecule has 120 valence electrons. The largest absolute Gasteiger partial charge is 0.422 e. The van der Waals surface area contributed by atoms with Gasteiger partial charge in [0, 0.05) is 12.8 Å². The lowest BCUT2D eigenvalue weighted by Gasteiger charge is -2.13. The molecule has 0 aliphatic carbocycles. The van der Waals surface area contributed by atoms with E-state index in [0.29, 0.717) is 36.6 Å². The first-order valence-electron chi connectivity index (χ1n) is 7.36. The van der Waals surface area contributed by atoms with E-state index < -0.39 is 0 Å². The second-order valence-corrected chi connectivity index (χ2v) is 5.70. The zero-order chi connectivity index (χ0) is 16.5. The molecule has 0 atom stereocenters. The van der Waals surface area contributed by atoms with Crippen LogP contribution in [0.4, 0.5) is 0 Å². The lowest BCUT2D eigenvalue weighted by atomic mass is 10.1. The van der Waals surface area contributed by atoms with E-state index in [0.717, 1.165) is 5.56 Å². The van der Waals surface area contributed by atoms with E-state index in [-0.39, 0.29) is 23.4 Å². The summed E-state index contributed by atoms with van der Waals surface area (Å²) in [7, 11) is 0. The van der Waals surface area contributed by atoms with Crippen LogP contribution in [0.5, 0.6) is 11.5 Å². The van der Waals surface area contributed by atoms with Gasteiger partial charge in [0.1, 0.15) is 0 Å². The zero-order valence-corrected chi connectivity index (χ0v) is 14.6. The van der Waals surface area contributed by atoms with Crippen molar-refractivity contribution in [1.29, 1.82) is 0 Å². The van der Waals surface area contributed by atoms with Crippen molar-refractivity contribution in [3.8, 4) is 11.5 Å². The molecule has 0 radical (unpaired) electrons. The molecule has 1 aromatic rings. The molecule has 0 bridgehead atoms. The summed E-state index contributed by atoms with van der Waals surface area (Å²) in [5, 5.41) is 0. The Labute approximate surface area is 139 Å². The Hall–Kier alpha value is -1.62. The van der Waals surface area contributed by atoms with Gasteiger partial charge in [-0.25, -0.2) is 0 Å². The van der Waals surface area contributed by atoms with Crippen LogP contribution in [0.15, 0.2) is 29.3 Å². The predicted octanol–water partition coefficient (Wildman–Crippen LogP) is 4.59. The quantitative estimate of drug-likeness (QED) is 0.382. The molecule has 5 heteroatoms. The van der Waals surface area contributed by atoms with Crippen molar-refractivity contribution < 1.29 is 19.1 Å². The van der Waals surface area contributed by atoms with E-state index in [9.17, 15) is 9.59 Å². The van der Waals surface area contributed by atoms with Crippen molar-refractivity contribution in [3.63, 3.8) is 0 Å². The Bertz CT molecular complexity index is 552. The fourth-order valence-electron chi connectivity index (χ4n) is 1.83. The number of carbonyl (C=O) groups excluding carboxylic acids is 2. The van der Waals surface area contributed by atoms with Crippen LogP contribution in [0.3, 0.4) is 0 Å². The molecule has 0 fully saturated rings. The summed E-state index contributed by atoms with van der Waals surface area (Å²) in [5.74, 6) is -0.199. The van der Waals surface area contributed by atoms with E-state index in [4.69, 9.17) is 9.47 Å². The van der Waals surface area contributed by atoms with E-state index >= 15 is 0 Å². The van der Waals surface area contributed by atoms with Gasteiger partial charge in [0.15, 0.2) is 11.5 Å². The maximum atomic E-state index is 11.8. The molecule has 22 heavy (non-hydrogen) atoms. The number of carbonyl (C=O) groups is 2. The smallest absolute Gasteiger partial charge is 0.311 e. The third-order valence-electron chi connectivity index (χ3n) is 2.80. The van der Waals surface area contributed by atoms with Gasteiger partial charge in [0.2, 0.25) is 0 Å². The number of hydrogen-bond donors (Lipinski definition) is 0. The molecular formula is C17H21BrO4. The van der Waals surface area contributed by atoms with E-state index in [1.807, 2.05) is 19.9 Å². The summed E-state index contributed by atoms with van der Waals surface area (Å²) in [4.78, 5) is 23.5. The number of benzene rings is 1. The molecule has 0 aliphatic rings. The molecule has 0 N–H and O–H groups in total. The first-order valence-corrected chi connectivity index (χ1v) is 8.15. The third kappa shape index (κ3) is 5.64. The molecule has 0 unspecified atom stereocenters. The second kappa shape index (κ2) is 9.41. The Balaban J connectivity index is 3.12. The summed E-state index contributed by atoms with van der Waals surface area (Å²) >= 11 is 3.37. The number of ether oxygens (including phenoxy) is 2. The van der Waals surface area contributed by atoms with Gasteiger partial charge in [-0.1, -0.05) is 19.9 Å². The Morgan fingerprint density at radius 2 is 1.73 bits per heavy atom. The van der Waals surface area contributed by atoms with Gasteiger partial charge in [-0.15, -0.1) is 6.58 Å². The number of rotatable bonds is 8. The maximum Gasteiger partial charge on any atom is 0.311 e. The fourth-order valence-corrected chi connectivity index (χ4v) is 2.40. The fraction of sp³-hybridized carbons (Fsp3) is 0.412. The third-order valence-corrected chi connectivity index (χ3v) is 3.39. The summed E-state index contributed by atoms with van der Waals surface area (Å²) in [6, 6.07) is 3.53. The van der Waals surface area contributed by atoms with Crippen LogP contribution in [0, 0.1) is 0 Å². The second-order valence-electron chi connectivity index (χ2n) is 4.85. The van der Waals surface area contributed by atoms with Gasteiger partial charge in [0.05, 0.1) is 4.47 Å². The van der Waals surface area contributed by atoms with Crippen LogP contribution in [0.2, 0.25) is 0 Å². The van der Waals surface area contributed by atoms with Crippen LogP contribution in [0.25, 0.3) is 0 Å². The van der Waals surface area contributed by atoms with Gasteiger partial charge in [-0.05, 0) is 52.9 Å². The Morgan fingerprint density at radius 1 is 1.14 bits per heavy atom. The predicted molar refractivity (Wildman–Crippen MR) is 89.1 cm³/mol. The number of hydrogen-bond acceptors (Lipinski definition) is 4. The van der Waals surface area contributed by atoms with Crippen LogP contribution >= 0.6 is 15.9 Å².